The van der Waals surface area contributed by atoms with Crippen LogP contribution < -0.4 is 10.6 Å². The van der Waals surface area contributed by atoms with Crippen LogP contribution in [0.15, 0.2) is 60.8 Å². The molecule has 0 fully saturated rings. The van der Waals surface area contributed by atoms with Crippen molar-refractivity contribution < 1.29 is 4.74 Å². The molecule has 0 amide bonds. The lowest BCUT2D eigenvalue weighted by atomic mass is 10.3. The molecule has 0 atom stereocenters. The maximum absolute atomic E-state index is 6.01. The normalized spacial score (nSPS) is 11.0. The van der Waals surface area contributed by atoms with Crippen molar-refractivity contribution in [2.45, 2.75) is 13.3 Å². The Kier molecular flexibility index (Phi) is 6.41. The van der Waals surface area contributed by atoms with Crippen LogP contribution >= 0.6 is 11.6 Å². The van der Waals surface area contributed by atoms with E-state index in [1.807, 2.05) is 66.2 Å². The highest BCUT2D eigenvalue weighted by Crippen LogP contribution is 2.27. The van der Waals surface area contributed by atoms with E-state index in [9.17, 15) is 0 Å². The summed E-state index contributed by atoms with van der Waals surface area (Å²) in [6.07, 6.45) is 2.65. The van der Waals surface area contributed by atoms with Crippen LogP contribution in [-0.4, -0.2) is 39.5 Å². The van der Waals surface area contributed by atoms with E-state index in [-0.39, 0.29) is 0 Å². The van der Waals surface area contributed by atoms with Crippen LogP contribution in [0.5, 0.6) is 0 Å². The van der Waals surface area contributed by atoms with Crippen LogP contribution in [0.3, 0.4) is 0 Å². The van der Waals surface area contributed by atoms with Gasteiger partial charge in [-0.25, -0.2) is 4.68 Å². The number of fused-ring (bicyclic) bond motifs is 1. The highest BCUT2D eigenvalue weighted by molar-refractivity contribution is 6.30. The SMILES string of the molecule is CCOCCCNc1nc(Nc2ccc(Cl)cc2)c2cnn(-c3ccccc3)c2n1. The third-order valence-corrected chi connectivity index (χ3v) is 4.74. The lowest BCUT2D eigenvalue weighted by Gasteiger charge is -2.11. The minimum absolute atomic E-state index is 0.535. The summed E-state index contributed by atoms with van der Waals surface area (Å²) in [6, 6.07) is 17.4. The second kappa shape index (κ2) is 9.56. The lowest BCUT2D eigenvalue weighted by molar-refractivity contribution is 0.147. The Morgan fingerprint density at radius 3 is 2.60 bits per heavy atom. The first-order valence-electron chi connectivity index (χ1n) is 9.90. The molecule has 4 aromatic rings. The first-order valence-corrected chi connectivity index (χ1v) is 10.3. The summed E-state index contributed by atoms with van der Waals surface area (Å²) >= 11 is 6.01. The molecule has 7 nitrogen and oxygen atoms in total. The van der Waals surface area contributed by atoms with Crippen molar-refractivity contribution in [1.29, 1.82) is 0 Å². The number of hydrogen-bond donors (Lipinski definition) is 2. The molecular weight excluding hydrogens is 400 g/mol. The van der Waals surface area contributed by atoms with Crippen molar-refractivity contribution >= 4 is 40.1 Å². The van der Waals surface area contributed by atoms with Gasteiger partial charge in [-0.05, 0) is 49.7 Å². The first kappa shape index (κ1) is 20.1. The van der Waals surface area contributed by atoms with E-state index in [1.54, 1.807) is 6.20 Å². The lowest BCUT2D eigenvalue weighted by Crippen LogP contribution is -2.10. The molecule has 0 unspecified atom stereocenters. The second-order valence-electron chi connectivity index (χ2n) is 6.63. The van der Waals surface area contributed by atoms with Crippen molar-refractivity contribution in [2.75, 3.05) is 30.4 Å². The molecule has 30 heavy (non-hydrogen) atoms. The Morgan fingerprint density at radius 1 is 1.03 bits per heavy atom. The largest absolute Gasteiger partial charge is 0.382 e. The van der Waals surface area contributed by atoms with Gasteiger partial charge < -0.3 is 15.4 Å². The molecule has 0 radical (unpaired) electrons. The van der Waals surface area contributed by atoms with Crippen LogP contribution in [0.2, 0.25) is 5.02 Å². The van der Waals surface area contributed by atoms with E-state index >= 15 is 0 Å². The molecule has 0 saturated carbocycles. The minimum Gasteiger partial charge on any atom is -0.382 e. The predicted octanol–water partition coefficient (Wildman–Crippen LogP) is 5.05. The van der Waals surface area contributed by atoms with Crippen LogP contribution in [0.25, 0.3) is 16.7 Å². The smallest absolute Gasteiger partial charge is 0.226 e. The van der Waals surface area contributed by atoms with Crippen LogP contribution in [0.1, 0.15) is 13.3 Å². The monoisotopic (exact) mass is 422 g/mol. The number of nitrogens with one attached hydrogen (secondary N) is 2. The predicted molar refractivity (Wildman–Crippen MR) is 121 cm³/mol. The van der Waals surface area contributed by atoms with Gasteiger partial charge in [0.2, 0.25) is 5.95 Å². The van der Waals surface area contributed by atoms with Gasteiger partial charge in [-0.1, -0.05) is 29.8 Å². The van der Waals surface area contributed by atoms with Crippen LogP contribution in [-0.2, 0) is 4.74 Å². The van der Waals surface area contributed by atoms with Gasteiger partial charge >= 0.3 is 0 Å². The number of aromatic nitrogens is 4. The van der Waals surface area contributed by atoms with Crippen LogP contribution in [0.4, 0.5) is 17.5 Å². The van der Waals surface area contributed by atoms with Gasteiger partial charge in [-0.15, -0.1) is 0 Å². The summed E-state index contributed by atoms with van der Waals surface area (Å²) in [4.78, 5) is 9.41. The first-order chi connectivity index (χ1) is 14.7. The van der Waals surface area contributed by atoms with Gasteiger partial charge in [0.25, 0.3) is 0 Å². The molecule has 2 heterocycles. The van der Waals surface area contributed by atoms with E-state index in [0.717, 1.165) is 28.8 Å². The highest BCUT2D eigenvalue weighted by atomic mass is 35.5. The van der Waals surface area contributed by atoms with E-state index < -0.39 is 0 Å². The maximum Gasteiger partial charge on any atom is 0.226 e. The second-order valence-corrected chi connectivity index (χ2v) is 7.07. The standard InChI is InChI=1S/C22H23ClN6O/c1-2-30-14-6-13-24-22-27-20(26-17-11-9-16(23)10-12-17)19-15-25-29(21(19)28-22)18-7-4-3-5-8-18/h3-5,7-12,15H,2,6,13-14H2,1H3,(H2,24,26,27,28). The molecule has 2 aromatic heterocycles. The number of halogens is 1. The van der Waals surface area contributed by atoms with Gasteiger partial charge in [0.15, 0.2) is 5.65 Å². The molecule has 0 aliphatic heterocycles. The van der Waals surface area contributed by atoms with Gasteiger partial charge in [-0.3, -0.25) is 0 Å². The Hall–Kier alpha value is -3.16. The zero-order chi connectivity index (χ0) is 20.8. The van der Waals surface area contributed by atoms with E-state index in [0.29, 0.717) is 36.5 Å². The number of hydrogen-bond acceptors (Lipinski definition) is 6. The van der Waals surface area contributed by atoms with Crippen molar-refractivity contribution in [3.05, 3.63) is 65.8 Å². The number of nitrogens with zero attached hydrogens (tertiary/aromatic N) is 4. The summed E-state index contributed by atoms with van der Waals surface area (Å²) in [5.74, 6) is 1.21. The van der Waals surface area contributed by atoms with E-state index in [1.165, 1.54) is 0 Å². The van der Waals surface area contributed by atoms with Gasteiger partial charge in [0.05, 0.1) is 17.3 Å². The average molecular weight is 423 g/mol. The maximum atomic E-state index is 6.01. The Bertz CT molecular complexity index is 1100. The average Bonchev–Trinajstić information content (AvgIpc) is 3.20. The molecular formula is C22H23ClN6O. The summed E-state index contributed by atoms with van der Waals surface area (Å²) in [7, 11) is 0. The molecule has 4 rings (SSSR count). The van der Waals surface area contributed by atoms with Crippen molar-refractivity contribution in [2.24, 2.45) is 0 Å². The fourth-order valence-corrected chi connectivity index (χ4v) is 3.16. The molecule has 0 saturated heterocycles. The molecule has 2 N–H and O–H groups in total. The van der Waals surface area contributed by atoms with Gasteiger partial charge in [0, 0.05) is 30.5 Å². The molecule has 2 aromatic carbocycles. The fourth-order valence-electron chi connectivity index (χ4n) is 3.03. The molecule has 8 heteroatoms. The summed E-state index contributed by atoms with van der Waals surface area (Å²) in [5, 5.41) is 12.7. The third-order valence-electron chi connectivity index (χ3n) is 4.49. The molecule has 0 aliphatic rings. The fraction of sp³-hybridized carbons (Fsp3) is 0.227. The number of ether oxygens (including phenoxy) is 1. The van der Waals surface area contributed by atoms with E-state index in [4.69, 9.17) is 21.3 Å². The van der Waals surface area contributed by atoms with Crippen molar-refractivity contribution in [1.82, 2.24) is 19.7 Å². The summed E-state index contributed by atoms with van der Waals surface area (Å²) in [6.45, 7) is 4.12. The van der Waals surface area contributed by atoms with Crippen molar-refractivity contribution in [3.63, 3.8) is 0 Å². The molecule has 0 bridgehead atoms. The Labute approximate surface area is 180 Å². The zero-order valence-electron chi connectivity index (χ0n) is 16.7. The minimum atomic E-state index is 0.535. The number of anilines is 3. The molecule has 0 spiro atoms. The molecule has 154 valence electrons. The summed E-state index contributed by atoms with van der Waals surface area (Å²) in [5.41, 5.74) is 2.54. The van der Waals surface area contributed by atoms with Gasteiger partial charge in [-0.2, -0.15) is 15.1 Å². The summed E-state index contributed by atoms with van der Waals surface area (Å²) < 4.78 is 7.22. The highest BCUT2D eigenvalue weighted by Gasteiger charge is 2.14. The molecule has 0 aliphatic carbocycles. The number of para-hydroxylation sites is 1. The Balaban J connectivity index is 1.68. The zero-order valence-corrected chi connectivity index (χ0v) is 17.4. The topological polar surface area (TPSA) is 76.9 Å². The Morgan fingerprint density at radius 2 is 1.83 bits per heavy atom. The van der Waals surface area contributed by atoms with Crippen LogP contribution in [0, 0.1) is 0 Å². The third kappa shape index (κ3) is 4.69. The van der Waals surface area contributed by atoms with Crippen molar-refractivity contribution in [3.8, 4) is 5.69 Å². The van der Waals surface area contributed by atoms with Gasteiger partial charge in [0.1, 0.15) is 5.82 Å². The number of rotatable bonds is 9. The quantitative estimate of drug-likeness (QED) is 0.367. The van der Waals surface area contributed by atoms with E-state index in [2.05, 4.69) is 20.7 Å². The number of benzene rings is 2.